The molecule has 1 fully saturated rings. The van der Waals surface area contributed by atoms with E-state index in [-0.39, 0.29) is 41.0 Å². The number of nitrogens with one attached hydrogen (secondary N) is 2. The van der Waals surface area contributed by atoms with Crippen LogP contribution in [0.1, 0.15) is 45.6 Å². The zero-order valence-corrected chi connectivity index (χ0v) is 22.3. The molecule has 0 unspecified atom stereocenters. The van der Waals surface area contributed by atoms with E-state index < -0.39 is 9.84 Å². The Morgan fingerprint density at radius 3 is 2.39 bits per heavy atom. The molecule has 0 aromatic heterocycles. The van der Waals surface area contributed by atoms with Crippen LogP contribution in [0, 0.1) is 11.2 Å². The van der Waals surface area contributed by atoms with Crippen molar-refractivity contribution in [1.29, 1.82) is 0 Å². The van der Waals surface area contributed by atoms with E-state index in [2.05, 4.69) is 29.4 Å². The first-order valence-electron chi connectivity index (χ1n) is 10.8. The Balaban J connectivity index is 0.00000480. The second kappa shape index (κ2) is 12.9. The van der Waals surface area contributed by atoms with Gasteiger partial charge >= 0.3 is 0 Å². The maximum Gasteiger partial charge on any atom is 0.191 e. The van der Waals surface area contributed by atoms with Crippen LogP contribution in [-0.4, -0.2) is 63.5 Å². The maximum absolute atomic E-state index is 13.1. The Labute approximate surface area is 204 Å². The van der Waals surface area contributed by atoms with Crippen molar-refractivity contribution in [2.45, 2.75) is 52.6 Å². The summed E-state index contributed by atoms with van der Waals surface area (Å²) in [6.07, 6.45) is 3.91. The number of nitrogens with zero attached hydrogens (tertiary/aromatic N) is 2. The molecule has 0 amide bonds. The Morgan fingerprint density at radius 2 is 1.84 bits per heavy atom. The minimum Gasteiger partial charge on any atom is -0.357 e. The second-order valence-corrected chi connectivity index (χ2v) is 11.3. The fourth-order valence-electron chi connectivity index (χ4n) is 3.43. The molecule has 0 radical (unpaired) electrons. The quantitative estimate of drug-likeness (QED) is 0.272. The molecule has 0 aliphatic carbocycles. The molecule has 0 bridgehead atoms. The summed E-state index contributed by atoms with van der Waals surface area (Å²) in [4.78, 5) is 7.12. The summed E-state index contributed by atoms with van der Waals surface area (Å²) < 4.78 is 36.0. The maximum atomic E-state index is 13.1. The van der Waals surface area contributed by atoms with Gasteiger partial charge in [0.05, 0.1) is 5.75 Å². The predicted octanol–water partition coefficient (Wildman–Crippen LogP) is 3.42. The molecular formula is C22H38FIN4O2S. The molecule has 1 saturated heterocycles. The van der Waals surface area contributed by atoms with Gasteiger partial charge in [-0.25, -0.2) is 12.8 Å². The number of rotatable bonds is 9. The minimum atomic E-state index is -2.96. The average Bonchev–Trinajstić information content (AvgIpc) is 2.68. The average molecular weight is 569 g/mol. The SMILES string of the molecule is CCNC(=NCC(C)(C)CCS(C)(=O)=O)NC1CCN(Cc2ccc(F)cc2)CC1.I. The summed E-state index contributed by atoms with van der Waals surface area (Å²) in [5, 5.41) is 6.84. The number of piperidine rings is 1. The molecule has 6 nitrogen and oxygen atoms in total. The standard InChI is InChI=1S/C22H37FN4O2S.HI/c1-5-24-21(25-17-22(2,3)12-15-30(4,28)29)26-20-10-13-27(14-11-20)16-18-6-8-19(23)9-7-18;/h6-9,20H,5,10-17H2,1-4H3,(H2,24,25,26);1H. The van der Waals surface area contributed by atoms with E-state index in [4.69, 9.17) is 4.99 Å². The topological polar surface area (TPSA) is 73.8 Å². The third-order valence-corrected chi connectivity index (χ3v) is 6.35. The van der Waals surface area contributed by atoms with Gasteiger partial charge in [-0.1, -0.05) is 26.0 Å². The van der Waals surface area contributed by atoms with Crippen LogP contribution in [0.25, 0.3) is 0 Å². The molecule has 0 spiro atoms. The lowest BCUT2D eigenvalue weighted by Crippen LogP contribution is -2.48. The summed E-state index contributed by atoms with van der Waals surface area (Å²) >= 11 is 0. The molecular weight excluding hydrogens is 530 g/mol. The first-order valence-corrected chi connectivity index (χ1v) is 12.8. The van der Waals surface area contributed by atoms with Gasteiger partial charge in [-0.05, 0) is 49.3 Å². The van der Waals surface area contributed by atoms with Gasteiger partial charge in [0.25, 0.3) is 0 Å². The highest BCUT2D eigenvalue weighted by Crippen LogP contribution is 2.21. The molecule has 2 N–H and O–H groups in total. The van der Waals surface area contributed by atoms with Crippen LogP contribution in [0.5, 0.6) is 0 Å². The Morgan fingerprint density at radius 1 is 1.23 bits per heavy atom. The third-order valence-electron chi connectivity index (χ3n) is 5.41. The van der Waals surface area contributed by atoms with Gasteiger partial charge < -0.3 is 10.6 Å². The molecule has 1 aliphatic rings. The van der Waals surface area contributed by atoms with Gasteiger partial charge in [-0.2, -0.15) is 0 Å². The van der Waals surface area contributed by atoms with E-state index in [1.54, 1.807) is 0 Å². The highest BCUT2D eigenvalue weighted by atomic mass is 127. The van der Waals surface area contributed by atoms with Crippen molar-refractivity contribution in [2.24, 2.45) is 10.4 Å². The lowest BCUT2D eigenvalue weighted by molar-refractivity contribution is 0.198. The van der Waals surface area contributed by atoms with E-state index >= 15 is 0 Å². The number of halogens is 2. The number of hydrogen-bond donors (Lipinski definition) is 2. The number of hydrogen-bond acceptors (Lipinski definition) is 4. The monoisotopic (exact) mass is 568 g/mol. The van der Waals surface area contributed by atoms with Gasteiger partial charge in [0.2, 0.25) is 0 Å². The molecule has 1 heterocycles. The van der Waals surface area contributed by atoms with Crippen molar-refractivity contribution >= 4 is 39.8 Å². The van der Waals surface area contributed by atoms with Crippen LogP contribution < -0.4 is 10.6 Å². The zero-order valence-electron chi connectivity index (χ0n) is 19.2. The van der Waals surface area contributed by atoms with Crippen molar-refractivity contribution in [3.63, 3.8) is 0 Å². The van der Waals surface area contributed by atoms with E-state index in [1.807, 2.05) is 19.1 Å². The van der Waals surface area contributed by atoms with E-state index in [0.29, 0.717) is 19.0 Å². The number of sulfone groups is 1. The summed E-state index contributed by atoms with van der Waals surface area (Å²) in [5.41, 5.74) is 0.957. The number of guanidine groups is 1. The summed E-state index contributed by atoms with van der Waals surface area (Å²) in [6, 6.07) is 7.08. The Bertz CT molecular complexity index is 792. The van der Waals surface area contributed by atoms with Crippen molar-refractivity contribution in [1.82, 2.24) is 15.5 Å². The zero-order chi connectivity index (χ0) is 22.2. The normalized spacial score (nSPS) is 16.6. The molecule has 1 aromatic rings. The molecule has 0 atom stereocenters. The fraction of sp³-hybridized carbons (Fsp3) is 0.682. The third kappa shape index (κ3) is 11.5. The first kappa shape index (κ1) is 28.1. The van der Waals surface area contributed by atoms with E-state index in [9.17, 15) is 12.8 Å². The van der Waals surface area contributed by atoms with Crippen molar-refractivity contribution in [3.8, 4) is 0 Å². The van der Waals surface area contributed by atoms with Crippen molar-refractivity contribution < 1.29 is 12.8 Å². The van der Waals surface area contributed by atoms with Gasteiger partial charge in [0.1, 0.15) is 15.7 Å². The Kier molecular flexibility index (Phi) is 11.7. The van der Waals surface area contributed by atoms with E-state index in [0.717, 1.165) is 50.5 Å². The lowest BCUT2D eigenvalue weighted by atomic mass is 9.90. The van der Waals surface area contributed by atoms with Crippen LogP contribution in [0.2, 0.25) is 0 Å². The highest BCUT2D eigenvalue weighted by Gasteiger charge is 2.22. The summed E-state index contributed by atoms with van der Waals surface area (Å²) in [7, 11) is -2.96. The number of aliphatic imine (C=N–C) groups is 1. The predicted molar refractivity (Wildman–Crippen MR) is 137 cm³/mol. The summed E-state index contributed by atoms with van der Waals surface area (Å²) in [5.74, 6) is 0.782. The van der Waals surface area contributed by atoms with Crippen molar-refractivity contribution in [2.75, 3.05) is 38.2 Å². The first-order chi connectivity index (χ1) is 14.1. The van der Waals surface area contributed by atoms with Crippen LogP contribution >= 0.6 is 24.0 Å². The minimum absolute atomic E-state index is 0. The second-order valence-electron chi connectivity index (χ2n) is 9.06. The molecule has 1 aromatic carbocycles. The molecule has 31 heavy (non-hydrogen) atoms. The number of benzene rings is 1. The smallest absolute Gasteiger partial charge is 0.191 e. The molecule has 2 rings (SSSR count). The van der Waals surface area contributed by atoms with Crippen LogP contribution in [-0.2, 0) is 16.4 Å². The van der Waals surface area contributed by atoms with Gasteiger partial charge in [0.15, 0.2) is 5.96 Å². The highest BCUT2D eigenvalue weighted by molar-refractivity contribution is 14.0. The molecule has 9 heteroatoms. The largest absolute Gasteiger partial charge is 0.357 e. The lowest BCUT2D eigenvalue weighted by Gasteiger charge is -2.33. The molecule has 178 valence electrons. The molecule has 1 aliphatic heterocycles. The van der Waals surface area contributed by atoms with Gasteiger partial charge in [-0.15, -0.1) is 24.0 Å². The van der Waals surface area contributed by atoms with E-state index in [1.165, 1.54) is 18.4 Å². The van der Waals surface area contributed by atoms with Crippen molar-refractivity contribution in [3.05, 3.63) is 35.6 Å². The molecule has 0 saturated carbocycles. The van der Waals surface area contributed by atoms with Crippen LogP contribution in [0.4, 0.5) is 4.39 Å². The fourth-order valence-corrected chi connectivity index (χ4v) is 4.35. The van der Waals surface area contributed by atoms with Gasteiger partial charge in [-0.3, -0.25) is 9.89 Å². The van der Waals surface area contributed by atoms with Crippen LogP contribution in [0.3, 0.4) is 0 Å². The number of likely N-dealkylation sites (tertiary alicyclic amines) is 1. The Hall–Kier alpha value is -0.940. The summed E-state index contributed by atoms with van der Waals surface area (Å²) in [6.45, 7) is 10.3. The van der Waals surface area contributed by atoms with Crippen LogP contribution in [0.15, 0.2) is 29.3 Å². The van der Waals surface area contributed by atoms with Gasteiger partial charge in [0, 0.05) is 45.0 Å².